The summed E-state index contributed by atoms with van der Waals surface area (Å²) in [6.07, 6.45) is 1.49. The maximum Gasteiger partial charge on any atom is 0.282 e. The van der Waals surface area contributed by atoms with Gasteiger partial charge in [-0.2, -0.15) is 0 Å². The first-order chi connectivity index (χ1) is 12.2. The van der Waals surface area contributed by atoms with Crippen LogP contribution in [-0.4, -0.2) is 25.7 Å². The van der Waals surface area contributed by atoms with Crippen molar-refractivity contribution in [3.8, 4) is 17.2 Å². The highest BCUT2D eigenvalue weighted by molar-refractivity contribution is 6.31. The Balaban J connectivity index is 1.72. The zero-order valence-electron chi connectivity index (χ0n) is 13.3. The number of methoxy groups -OCH3 is 1. The van der Waals surface area contributed by atoms with Crippen LogP contribution in [0.25, 0.3) is 6.08 Å². The number of benzene rings is 2. The molecule has 2 aromatic rings. The molecule has 1 N–H and O–H groups in total. The van der Waals surface area contributed by atoms with Gasteiger partial charge in [-0.1, -0.05) is 18.2 Å². The van der Waals surface area contributed by atoms with Gasteiger partial charge in [0.25, 0.3) is 11.8 Å². The zero-order chi connectivity index (χ0) is 17.4. The molecular formula is C18H14N2O5. The molecule has 0 bridgehead atoms. The number of hydrogen-bond donors (Lipinski definition) is 1. The first-order valence-electron chi connectivity index (χ1n) is 7.57. The molecule has 0 radical (unpaired) electrons. The summed E-state index contributed by atoms with van der Waals surface area (Å²) in [4.78, 5) is 24.9. The van der Waals surface area contributed by atoms with Crippen LogP contribution >= 0.6 is 0 Å². The van der Waals surface area contributed by atoms with Crippen LogP contribution < -0.4 is 24.6 Å². The van der Waals surface area contributed by atoms with Crippen molar-refractivity contribution in [2.75, 3.05) is 18.9 Å². The van der Waals surface area contributed by atoms with Gasteiger partial charge in [0, 0.05) is 11.6 Å². The second-order valence-corrected chi connectivity index (χ2v) is 5.42. The third kappa shape index (κ3) is 2.55. The van der Waals surface area contributed by atoms with Crippen molar-refractivity contribution < 1.29 is 23.8 Å². The molecule has 126 valence electrons. The van der Waals surface area contributed by atoms with Crippen molar-refractivity contribution in [2.45, 2.75) is 0 Å². The number of nitrogens with one attached hydrogen (secondary N) is 1. The molecule has 25 heavy (non-hydrogen) atoms. The number of nitrogens with zero attached hydrogens (tertiary/aromatic N) is 1. The molecule has 0 saturated carbocycles. The SMILES string of the molecule is COc1cc2c(cc1/C=C1/C(=O)NN(c3ccccc3)C1=O)OCO2. The molecule has 7 heteroatoms. The van der Waals surface area contributed by atoms with Crippen molar-refractivity contribution >= 4 is 23.6 Å². The summed E-state index contributed by atoms with van der Waals surface area (Å²) in [6, 6.07) is 12.2. The zero-order valence-corrected chi connectivity index (χ0v) is 13.3. The molecule has 2 aliphatic rings. The predicted octanol–water partition coefficient (Wildman–Crippen LogP) is 1.89. The summed E-state index contributed by atoms with van der Waals surface area (Å²) in [7, 11) is 1.51. The van der Waals surface area contributed by atoms with Gasteiger partial charge < -0.3 is 14.2 Å². The lowest BCUT2D eigenvalue weighted by Gasteiger charge is -2.13. The van der Waals surface area contributed by atoms with Crippen LogP contribution in [0.5, 0.6) is 17.2 Å². The van der Waals surface area contributed by atoms with Crippen molar-refractivity contribution in [1.82, 2.24) is 5.43 Å². The van der Waals surface area contributed by atoms with Gasteiger partial charge in [0.2, 0.25) is 6.79 Å². The van der Waals surface area contributed by atoms with Crippen LogP contribution in [0.4, 0.5) is 5.69 Å². The van der Waals surface area contributed by atoms with Crippen LogP contribution in [0.15, 0.2) is 48.0 Å². The lowest BCUT2D eigenvalue weighted by molar-refractivity contribution is -0.117. The molecule has 2 amide bonds. The fourth-order valence-corrected chi connectivity index (χ4v) is 2.70. The molecule has 4 rings (SSSR count). The molecule has 0 aliphatic carbocycles. The average molecular weight is 338 g/mol. The van der Waals surface area contributed by atoms with E-state index in [2.05, 4.69) is 5.43 Å². The molecule has 2 heterocycles. The quantitative estimate of drug-likeness (QED) is 0.683. The number of fused-ring (bicyclic) bond motifs is 1. The normalized spacial score (nSPS) is 17.2. The van der Waals surface area contributed by atoms with Crippen LogP contribution in [-0.2, 0) is 9.59 Å². The van der Waals surface area contributed by atoms with Crippen molar-refractivity contribution in [2.24, 2.45) is 0 Å². The van der Waals surface area contributed by atoms with E-state index in [1.165, 1.54) is 18.2 Å². The Hall–Kier alpha value is -3.48. The van der Waals surface area contributed by atoms with Gasteiger partial charge in [-0.05, 0) is 24.3 Å². The molecule has 1 saturated heterocycles. The third-order valence-electron chi connectivity index (χ3n) is 3.93. The van der Waals surface area contributed by atoms with E-state index in [9.17, 15) is 9.59 Å². The summed E-state index contributed by atoms with van der Waals surface area (Å²) in [5.41, 5.74) is 3.72. The molecule has 0 atom stereocenters. The van der Waals surface area contributed by atoms with Gasteiger partial charge in [-0.15, -0.1) is 0 Å². The number of anilines is 1. The standard InChI is InChI=1S/C18H14N2O5/c1-23-14-9-16-15(24-10-25-16)8-11(14)7-13-17(21)19-20(18(13)22)12-5-3-2-4-6-12/h2-9H,10H2,1H3,(H,19,21)/b13-7-. The highest BCUT2D eigenvalue weighted by Gasteiger charge is 2.34. The average Bonchev–Trinajstić information content (AvgIpc) is 3.20. The summed E-state index contributed by atoms with van der Waals surface area (Å²) in [5, 5.41) is 1.22. The first-order valence-corrected chi connectivity index (χ1v) is 7.57. The largest absolute Gasteiger partial charge is 0.496 e. The summed E-state index contributed by atoms with van der Waals surface area (Å²) < 4.78 is 16.0. The van der Waals surface area contributed by atoms with Gasteiger partial charge in [0.15, 0.2) is 11.5 Å². The maximum absolute atomic E-state index is 12.6. The van der Waals surface area contributed by atoms with Crippen LogP contribution in [0.2, 0.25) is 0 Å². The third-order valence-corrected chi connectivity index (χ3v) is 3.93. The highest BCUT2D eigenvalue weighted by Crippen LogP contribution is 2.39. The van der Waals surface area contributed by atoms with E-state index in [-0.39, 0.29) is 12.4 Å². The van der Waals surface area contributed by atoms with E-state index >= 15 is 0 Å². The fraction of sp³-hybridized carbons (Fsp3) is 0.111. The Morgan fingerprint density at radius 1 is 1.12 bits per heavy atom. The monoisotopic (exact) mass is 338 g/mol. The van der Waals surface area contributed by atoms with Gasteiger partial charge in [-0.25, -0.2) is 5.01 Å². The number of carbonyl (C=O) groups is 2. The minimum Gasteiger partial charge on any atom is -0.496 e. The Kier molecular flexibility index (Phi) is 3.53. The lowest BCUT2D eigenvalue weighted by Crippen LogP contribution is -2.35. The minimum atomic E-state index is -0.478. The number of rotatable bonds is 3. The Bertz CT molecular complexity index is 892. The van der Waals surface area contributed by atoms with Crippen molar-refractivity contribution in [3.63, 3.8) is 0 Å². The predicted molar refractivity (Wildman–Crippen MR) is 89.2 cm³/mol. The molecule has 1 fully saturated rings. The second-order valence-electron chi connectivity index (χ2n) is 5.42. The molecule has 0 unspecified atom stereocenters. The number of hydrazine groups is 1. The highest BCUT2D eigenvalue weighted by atomic mass is 16.7. The van der Waals surface area contributed by atoms with E-state index in [4.69, 9.17) is 14.2 Å². The molecule has 2 aliphatic heterocycles. The lowest BCUT2D eigenvalue weighted by atomic mass is 10.1. The van der Waals surface area contributed by atoms with Crippen molar-refractivity contribution in [3.05, 3.63) is 53.6 Å². The van der Waals surface area contributed by atoms with Gasteiger partial charge in [-0.3, -0.25) is 15.0 Å². The maximum atomic E-state index is 12.6. The van der Waals surface area contributed by atoms with Gasteiger partial charge >= 0.3 is 0 Å². The van der Waals surface area contributed by atoms with Gasteiger partial charge in [0.05, 0.1) is 12.8 Å². The van der Waals surface area contributed by atoms with E-state index in [1.807, 2.05) is 6.07 Å². The second kappa shape index (κ2) is 5.86. The van der Waals surface area contributed by atoms with Crippen LogP contribution in [0.1, 0.15) is 5.56 Å². The summed E-state index contributed by atoms with van der Waals surface area (Å²) in [5.74, 6) is 0.672. The smallest absolute Gasteiger partial charge is 0.282 e. The Labute approximate surface area is 143 Å². The Morgan fingerprint density at radius 2 is 1.84 bits per heavy atom. The molecular weight excluding hydrogens is 324 g/mol. The van der Waals surface area contributed by atoms with E-state index in [0.29, 0.717) is 28.5 Å². The summed E-state index contributed by atoms with van der Waals surface area (Å²) in [6.45, 7) is 0.125. The first kappa shape index (κ1) is 15.1. The Morgan fingerprint density at radius 3 is 2.56 bits per heavy atom. The number of ether oxygens (including phenoxy) is 3. The van der Waals surface area contributed by atoms with E-state index in [1.54, 1.807) is 36.4 Å². The number of para-hydroxylation sites is 1. The fourth-order valence-electron chi connectivity index (χ4n) is 2.70. The molecule has 2 aromatic carbocycles. The summed E-state index contributed by atoms with van der Waals surface area (Å²) >= 11 is 0. The van der Waals surface area contributed by atoms with Crippen LogP contribution in [0, 0.1) is 0 Å². The molecule has 7 nitrogen and oxygen atoms in total. The van der Waals surface area contributed by atoms with Gasteiger partial charge in [0.1, 0.15) is 11.3 Å². The topological polar surface area (TPSA) is 77.1 Å². The van der Waals surface area contributed by atoms with E-state index < -0.39 is 11.8 Å². The number of carbonyl (C=O) groups excluding carboxylic acids is 2. The van der Waals surface area contributed by atoms with Crippen LogP contribution in [0.3, 0.4) is 0 Å². The number of amides is 2. The molecule has 0 aromatic heterocycles. The number of hydrogen-bond acceptors (Lipinski definition) is 5. The van der Waals surface area contributed by atoms with E-state index in [0.717, 1.165) is 0 Å². The minimum absolute atomic E-state index is 0.0148. The molecule has 0 spiro atoms. The van der Waals surface area contributed by atoms with Crippen molar-refractivity contribution in [1.29, 1.82) is 0 Å².